The van der Waals surface area contributed by atoms with Gasteiger partial charge in [-0.25, -0.2) is 20.0 Å². The molecule has 3 rings (SSSR count). The summed E-state index contributed by atoms with van der Waals surface area (Å²) >= 11 is 0. The molecule has 0 radical (unpaired) electrons. The highest BCUT2D eigenvalue weighted by atomic mass is 15.0. The van der Waals surface area contributed by atoms with E-state index in [4.69, 9.17) is 20.0 Å². The molecule has 0 atom stereocenters. The molecule has 0 aromatic heterocycles. The van der Waals surface area contributed by atoms with E-state index in [9.17, 15) is 0 Å². The first kappa shape index (κ1) is 22.6. The molecule has 2 aliphatic heterocycles. The fourth-order valence-corrected chi connectivity index (χ4v) is 3.71. The maximum atomic E-state index is 4.71. The first-order valence-corrected chi connectivity index (χ1v) is 10.3. The molecule has 0 saturated carbocycles. The Bertz CT molecular complexity index is 1310. The van der Waals surface area contributed by atoms with E-state index >= 15 is 0 Å². The largest absolute Gasteiger partial charge is 0.217 e. The van der Waals surface area contributed by atoms with Crippen LogP contribution in [-0.4, -0.2) is 22.8 Å². The third kappa shape index (κ3) is 3.93. The Balaban J connectivity index is 2.44. The molecule has 0 saturated heterocycles. The van der Waals surface area contributed by atoms with Gasteiger partial charge < -0.3 is 0 Å². The standard InChI is InChI=1S/C28H24N4/c1-9-13-21-22(14-10-2)30-27(29-21)25-17(5)19(7)26(20(8)18(25)6)28-31-23(15-11-3)24(32-28)16-12-4/h1-8H3. The van der Waals surface area contributed by atoms with Crippen LogP contribution in [0.3, 0.4) is 0 Å². The quantitative estimate of drug-likeness (QED) is 0.584. The fourth-order valence-electron chi connectivity index (χ4n) is 3.71. The monoisotopic (exact) mass is 416 g/mol. The van der Waals surface area contributed by atoms with Crippen LogP contribution in [0.5, 0.6) is 0 Å². The Morgan fingerprint density at radius 3 is 0.812 bits per heavy atom. The summed E-state index contributed by atoms with van der Waals surface area (Å²) in [7, 11) is 0. The Hall–Kier alpha value is -4.12. The minimum atomic E-state index is 0.611. The molecule has 0 unspecified atom stereocenters. The number of aliphatic imine (C=N–C) groups is 4. The molecule has 0 bridgehead atoms. The lowest BCUT2D eigenvalue weighted by Crippen LogP contribution is -2.27. The van der Waals surface area contributed by atoms with Gasteiger partial charge in [-0.2, -0.15) is 0 Å². The molecule has 4 nitrogen and oxygen atoms in total. The van der Waals surface area contributed by atoms with Crippen LogP contribution in [0.15, 0.2) is 20.0 Å². The van der Waals surface area contributed by atoms with Crippen molar-refractivity contribution in [3.8, 4) is 47.4 Å². The van der Waals surface area contributed by atoms with Crippen LogP contribution >= 0.6 is 0 Å². The predicted octanol–water partition coefficient (Wildman–Crippen LogP) is 2.94. The SMILES string of the molecule is CC#CC1=NC(=c2c(C)c(C)c(=C3N=C(C#CC)C(C#CC)=N3)c(C)c2C)N=C1C#CC. The van der Waals surface area contributed by atoms with Gasteiger partial charge in [-0.1, -0.05) is 23.7 Å². The lowest BCUT2D eigenvalue weighted by molar-refractivity contribution is 1.14. The van der Waals surface area contributed by atoms with Crippen molar-refractivity contribution in [2.45, 2.75) is 55.4 Å². The van der Waals surface area contributed by atoms with Crippen LogP contribution in [0.4, 0.5) is 0 Å². The van der Waals surface area contributed by atoms with E-state index in [0.29, 0.717) is 34.5 Å². The summed E-state index contributed by atoms with van der Waals surface area (Å²) < 4.78 is 0. The Morgan fingerprint density at radius 1 is 0.406 bits per heavy atom. The summed E-state index contributed by atoms with van der Waals surface area (Å²) in [6.45, 7) is 15.4. The molecular weight excluding hydrogens is 392 g/mol. The van der Waals surface area contributed by atoms with Crippen molar-refractivity contribution in [1.29, 1.82) is 0 Å². The van der Waals surface area contributed by atoms with E-state index in [-0.39, 0.29) is 0 Å². The molecular formula is C28H24N4. The van der Waals surface area contributed by atoms with E-state index in [1.165, 1.54) is 0 Å². The maximum Gasteiger partial charge on any atom is 0.162 e. The molecule has 0 spiro atoms. The highest BCUT2D eigenvalue weighted by Crippen LogP contribution is 2.16. The summed E-state index contributed by atoms with van der Waals surface area (Å²) in [4.78, 5) is 18.8. The summed E-state index contributed by atoms with van der Waals surface area (Å²) in [5.41, 5.74) is 6.76. The van der Waals surface area contributed by atoms with Gasteiger partial charge in [0, 0.05) is 10.4 Å². The highest BCUT2D eigenvalue weighted by Gasteiger charge is 2.20. The second-order valence-corrected chi connectivity index (χ2v) is 7.24. The van der Waals surface area contributed by atoms with E-state index in [1.54, 1.807) is 27.7 Å². The van der Waals surface area contributed by atoms with Crippen LogP contribution < -0.4 is 10.4 Å². The first-order valence-electron chi connectivity index (χ1n) is 10.3. The predicted molar refractivity (Wildman–Crippen MR) is 135 cm³/mol. The molecule has 1 aromatic rings. The lowest BCUT2D eigenvalue weighted by Gasteiger charge is -2.12. The lowest BCUT2D eigenvalue weighted by atomic mass is 9.95. The Labute approximate surface area is 190 Å². The molecule has 4 heteroatoms. The smallest absolute Gasteiger partial charge is 0.162 e. The van der Waals surface area contributed by atoms with Crippen molar-refractivity contribution < 1.29 is 0 Å². The molecule has 0 N–H and O–H groups in total. The number of nitrogens with zero attached hydrogens (tertiary/aromatic N) is 4. The second kappa shape index (κ2) is 9.35. The van der Waals surface area contributed by atoms with Gasteiger partial charge in [-0.3, -0.25) is 0 Å². The van der Waals surface area contributed by atoms with E-state index in [1.807, 2.05) is 0 Å². The van der Waals surface area contributed by atoms with Crippen LogP contribution in [0.1, 0.15) is 49.9 Å². The third-order valence-corrected chi connectivity index (χ3v) is 5.37. The molecule has 1 aromatic carbocycles. The maximum absolute atomic E-state index is 4.71. The second-order valence-electron chi connectivity index (χ2n) is 7.24. The zero-order valence-corrected chi connectivity index (χ0v) is 19.8. The van der Waals surface area contributed by atoms with Crippen LogP contribution in [0, 0.1) is 75.1 Å². The van der Waals surface area contributed by atoms with E-state index in [0.717, 1.165) is 32.7 Å². The topological polar surface area (TPSA) is 49.4 Å². The zero-order valence-electron chi connectivity index (χ0n) is 19.8. The molecule has 0 amide bonds. The van der Waals surface area contributed by atoms with Crippen molar-refractivity contribution in [1.82, 2.24) is 0 Å². The average molecular weight is 417 g/mol. The minimum Gasteiger partial charge on any atom is -0.217 e. The number of rotatable bonds is 0. The third-order valence-electron chi connectivity index (χ3n) is 5.37. The summed E-state index contributed by atoms with van der Waals surface area (Å²) in [5, 5.41) is 2.00. The van der Waals surface area contributed by atoms with Crippen LogP contribution in [0.2, 0.25) is 0 Å². The Kier molecular flexibility index (Phi) is 6.59. The molecule has 156 valence electrons. The first-order chi connectivity index (χ1) is 15.4. The van der Waals surface area contributed by atoms with Crippen molar-refractivity contribution in [3.05, 3.63) is 32.7 Å². The van der Waals surface area contributed by atoms with Crippen molar-refractivity contribution >= 4 is 34.5 Å². The van der Waals surface area contributed by atoms with Gasteiger partial charge in [0.1, 0.15) is 22.8 Å². The van der Waals surface area contributed by atoms with Gasteiger partial charge in [0.2, 0.25) is 0 Å². The summed E-state index contributed by atoms with van der Waals surface area (Å²) in [5.74, 6) is 25.0. The van der Waals surface area contributed by atoms with Gasteiger partial charge in [0.25, 0.3) is 0 Å². The average Bonchev–Trinajstić information content (AvgIpc) is 3.32. The van der Waals surface area contributed by atoms with Crippen LogP contribution in [-0.2, 0) is 0 Å². The zero-order chi connectivity index (χ0) is 23.4. The van der Waals surface area contributed by atoms with Gasteiger partial charge in [-0.15, -0.1) is 0 Å². The van der Waals surface area contributed by atoms with Gasteiger partial charge >= 0.3 is 0 Å². The van der Waals surface area contributed by atoms with Crippen molar-refractivity contribution in [2.24, 2.45) is 20.0 Å². The molecule has 32 heavy (non-hydrogen) atoms. The summed E-state index contributed by atoms with van der Waals surface area (Å²) in [6, 6.07) is 0. The molecule has 2 heterocycles. The van der Waals surface area contributed by atoms with Crippen molar-refractivity contribution in [2.75, 3.05) is 0 Å². The van der Waals surface area contributed by atoms with Gasteiger partial charge in [-0.05, 0) is 101 Å². The van der Waals surface area contributed by atoms with E-state index < -0.39 is 0 Å². The highest BCUT2D eigenvalue weighted by molar-refractivity contribution is 6.57. The Morgan fingerprint density at radius 2 is 0.625 bits per heavy atom. The van der Waals surface area contributed by atoms with Crippen molar-refractivity contribution in [3.63, 3.8) is 0 Å². The fraction of sp³-hybridized carbons (Fsp3) is 0.286. The molecule has 0 aliphatic carbocycles. The van der Waals surface area contributed by atoms with Gasteiger partial charge in [0.05, 0.1) is 0 Å². The van der Waals surface area contributed by atoms with Gasteiger partial charge in [0.15, 0.2) is 11.6 Å². The summed E-state index contributed by atoms with van der Waals surface area (Å²) in [6.07, 6.45) is 0. The normalized spacial score (nSPS) is 13.9. The molecule has 0 fully saturated rings. The molecule has 2 aliphatic rings. The number of hydrogen-bond acceptors (Lipinski definition) is 4. The number of benzene rings is 1. The minimum absolute atomic E-state index is 0.611. The number of hydrogen-bond donors (Lipinski definition) is 0. The van der Waals surface area contributed by atoms with E-state index in [2.05, 4.69) is 75.1 Å². The van der Waals surface area contributed by atoms with Crippen LogP contribution in [0.25, 0.3) is 11.6 Å².